The lowest BCUT2D eigenvalue weighted by Gasteiger charge is -2.16. The molecule has 0 aromatic heterocycles. The van der Waals surface area contributed by atoms with E-state index in [1.165, 1.54) is 25.7 Å². The van der Waals surface area contributed by atoms with Gasteiger partial charge in [-0.1, -0.05) is 29.3 Å². The van der Waals surface area contributed by atoms with E-state index in [0.29, 0.717) is 0 Å². The van der Waals surface area contributed by atoms with Crippen molar-refractivity contribution in [3.05, 3.63) is 0 Å². The van der Waals surface area contributed by atoms with E-state index in [2.05, 4.69) is 22.9 Å². The molecule has 72 valence electrons. The first-order valence-electron chi connectivity index (χ1n) is 5.00. The molecular weight excluding hydrogens is 216 g/mol. The lowest BCUT2D eigenvalue weighted by molar-refractivity contribution is 0.180. The molecule has 1 heterocycles. The van der Waals surface area contributed by atoms with Crippen molar-refractivity contribution in [3.63, 3.8) is 0 Å². The number of ether oxygens (including phenoxy) is 1. The summed E-state index contributed by atoms with van der Waals surface area (Å²) in [6.45, 7) is 4.26. The highest BCUT2D eigenvalue weighted by Crippen LogP contribution is 2.25. The van der Waals surface area contributed by atoms with E-state index in [-0.39, 0.29) is 0 Å². The second-order valence-corrected chi connectivity index (χ2v) is 4.42. The number of rotatable bonds is 5. The van der Waals surface area contributed by atoms with Gasteiger partial charge in [0.05, 0.1) is 0 Å². The molecule has 0 bridgehead atoms. The van der Waals surface area contributed by atoms with Crippen molar-refractivity contribution in [3.8, 4) is 0 Å². The SMILES string of the molecule is CCCC(CBr)CC1CCOC1. The fourth-order valence-corrected chi connectivity index (χ4v) is 2.49. The Morgan fingerprint density at radius 3 is 2.92 bits per heavy atom. The largest absolute Gasteiger partial charge is 0.381 e. The van der Waals surface area contributed by atoms with Gasteiger partial charge in [0.2, 0.25) is 0 Å². The van der Waals surface area contributed by atoms with Crippen LogP contribution in [0.3, 0.4) is 0 Å². The van der Waals surface area contributed by atoms with Crippen LogP contribution < -0.4 is 0 Å². The summed E-state index contributed by atoms with van der Waals surface area (Å²) >= 11 is 3.58. The molecule has 0 radical (unpaired) electrons. The lowest BCUT2D eigenvalue weighted by Crippen LogP contribution is -2.10. The molecule has 0 spiro atoms. The van der Waals surface area contributed by atoms with E-state index in [0.717, 1.165) is 30.4 Å². The van der Waals surface area contributed by atoms with Crippen molar-refractivity contribution in [2.75, 3.05) is 18.5 Å². The topological polar surface area (TPSA) is 9.23 Å². The first-order valence-corrected chi connectivity index (χ1v) is 6.12. The van der Waals surface area contributed by atoms with Crippen molar-refractivity contribution in [1.82, 2.24) is 0 Å². The van der Waals surface area contributed by atoms with Crippen LogP contribution in [0.5, 0.6) is 0 Å². The molecule has 0 saturated carbocycles. The molecule has 0 amide bonds. The average Bonchev–Trinajstić information content (AvgIpc) is 2.56. The zero-order valence-corrected chi connectivity index (χ0v) is 9.48. The Morgan fingerprint density at radius 2 is 2.42 bits per heavy atom. The molecule has 1 aliphatic heterocycles. The third-order valence-corrected chi connectivity index (χ3v) is 3.52. The summed E-state index contributed by atoms with van der Waals surface area (Å²) in [7, 11) is 0. The predicted octanol–water partition coefficient (Wildman–Crippen LogP) is 3.22. The van der Waals surface area contributed by atoms with E-state index < -0.39 is 0 Å². The third-order valence-electron chi connectivity index (χ3n) is 2.61. The van der Waals surface area contributed by atoms with Gasteiger partial charge in [-0.15, -0.1) is 0 Å². The Bertz CT molecular complexity index is 110. The molecule has 12 heavy (non-hydrogen) atoms. The average molecular weight is 235 g/mol. The fraction of sp³-hybridized carbons (Fsp3) is 1.00. The number of halogens is 1. The van der Waals surface area contributed by atoms with E-state index in [1.54, 1.807) is 0 Å². The maximum atomic E-state index is 5.37. The standard InChI is InChI=1S/C10H19BrO/c1-2-3-9(7-11)6-10-4-5-12-8-10/h9-10H,2-8H2,1H3. The molecule has 0 N–H and O–H groups in total. The van der Waals surface area contributed by atoms with Gasteiger partial charge in [0.15, 0.2) is 0 Å². The molecule has 0 aliphatic carbocycles. The minimum atomic E-state index is 0.846. The van der Waals surface area contributed by atoms with Crippen LogP contribution >= 0.6 is 15.9 Å². The van der Waals surface area contributed by atoms with Gasteiger partial charge in [-0.3, -0.25) is 0 Å². The molecule has 1 fully saturated rings. The molecule has 2 unspecified atom stereocenters. The molecular formula is C10H19BrO. The van der Waals surface area contributed by atoms with Gasteiger partial charge in [-0.25, -0.2) is 0 Å². The van der Waals surface area contributed by atoms with Gasteiger partial charge in [-0.05, 0) is 31.1 Å². The Labute approximate surface area is 84.0 Å². The maximum Gasteiger partial charge on any atom is 0.0495 e. The van der Waals surface area contributed by atoms with Gasteiger partial charge in [0, 0.05) is 18.5 Å². The van der Waals surface area contributed by atoms with E-state index in [9.17, 15) is 0 Å². The molecule has 0 aromatic rings. The number of hydrogen-bond acceptors (Lipinski definition) is 1. The minimum absolute atomic E-state index is 0.846. The Kier molecular flexibility index (Phi) is 5.24. The molecule has 1 saturated heterocycles. The van der Waals surface area contributed by atoms with Gasteiger partial charge in [-0.2, -0.15) is 0 Å². The Morgan fingerprint density at radius 1 is 1.58 bits per heavy atom. The summed E-state index contributed by atoms with van der Waals surface area (Å²) in [5, 5.41) is 1.16. The zero-order valence-electron chi connectivity index (χ0n) is 7.89. The summed E-state index contributed by atoms with van der Waals surface area (Å²) in [6.07, 6.45) is 5.32. The summed E-state index contributed by atoms with van der Waals surface area (Å²) in [5.74, 6) is 1.72. The normalized spacial score (nSPS) is 26.0. The van der Waals surface area contributed by atoms with Crippen LogP contribution in [-0.4, -0.2) is 18.5 Å². The summed E-state index contributed by atoms with van der Waals surface area (Å²) in [4.78, 5) is 0. The van der Waals surface area contributed by atoms with Gasteiger partial charge < -0.3 is 4.74 Å². The molecule has 1 aliphatic rings. The highest BCUT2D eigenvalue weighted by molar-refractivity contribution is 9.09. The zero-order chi connectivity index (χ0) is 8.81. The highest BCUT2D eigenvalue weighted by Gasteiger charge is 2.19. The number of hydrogen-bond donors (Lipinski definition) is 0. The van der Waals surface area contributed by atoms with E-state index >= 15 is 0 Å². The van der Waals surface area contributed by atoms with Crippen molar-refractivity contribution in [2.45, 2.75) is 32.6 Å². The first-order chi connectivity index (χ1) is 5.86. The summed E-state index contributed by atoms with van der Waals surface area (Å²) in [6, 6.07) is 0. The van der Waals surface area contributed by atoms with Crippen molar-refractivity contribution >= 4 is 15.9 Å². The second kappa shape index (κ2) is 5.98. The molecule has 2 heteroatoms. The molecule has 1 rings (SSSR count). The minimum Gasteiger partial charge on any atom is -0.381 e. The quantitative estimate of drug-likeness (QED) is 0.665. The second-order valence-electron chi connectivity index (χ2n) is 3.77. The third kappa shape index (κ3) is 3.44. The van der Waals surface area contributed by atoms with Crippen LogP contribution in [0, 0.1) is 11.8 Å². The summed E-state index contributed by atoms with van der Waals surface area (Å²) in [5.41, 5.74) is 0. The van der Waals surface area contributed by atoms with Crippen molar-refractivity contribution in [2.24, 2.45) is 11.8 Å². The van der Waals surface area contributed by atoms with Crippen LogP contribution in [0.15, 0.2) is 0 Å². The van der Waals surface area contributed by atoms with Crippen LogP contribution in [0.1, 0.15) is 32.6 Å². The van der Waals surface area contributed by atoms with Gasteiger partial charge in [0.25, 0.3) is 0 Å². The fourth-order valence-electron chi connectivity index (χ4n) is 1.91. The number of alkyl halides is 1. The maximum absolute atomic E-state index is 5.37. The lowest BCUT2D eigenvalue weighted by atomic mass is 9.92. The van der Waals surface area contributed by atoms with Crippen molar-refractivity contribution in [1.29, 1.82) is 0 Å². The molecule has 2 atom stereocenters. The Hall–Kier alpha value is 0.440. The van der Waals surface area contributed by atoms with Crippen LogP contribution in [0.4, 0.5) is 0 Å². The van der Waals surface area contributed by atoms with E-state index in [4.69, 9.17) is 4.74 Å². The highest BCUT2D eigenvalue weighted by atomic mass is 79.9. The smallest absolute Gasteiger partial charge is 0.0495 e. The van der Waals surface area contributed by atoms with Gasteiger partial charge >= 0.3 is 0 Å². The van der Waals surface area contributed by atoms with Crippen LogP contribution in [0.2, 0.25) is 0 Å². The molecule has 1 nitrogen and oxygen atoms in total. The van der Waals surface area contributed by atoms with E-state index in [1.807, 2.05) is 0 Å². The van der Waals surface area contributed by atoms with Crippen LogP contribution in [-0.2, 0) is 4.74 Å². The monoisotopic (exact) mass is 234 g/mol. The Balaban J connectivity index is 2.16. The van der Waals surface area contributed by atoms with Gasteiger partial charge in [0.1, 0.15) is 0 Å². The summed E-state index contributed by atoms with van der Waals surface area (Å²) < 4.78 is 5.37. The van der Waals surface area contributed by atoms with Crippen LogP contribution in [0.25, 0.3) is 0 Å². The van der Waals surface area contributed by atoms with Crippen molar-refractivity contribution < 1.29 is 4.74 Å². The molecule has 0 aromatic carbocycles. The predicted molar refractivity (Wildman–Crippen MR) is 55.7 cm³/mol. The first kappa shape index (κ1) is 10.5.